The van der Waals surface area contributed by atoms with Crippen LogP contribution in [0.15, 0.2) is 23.2 Å². The zero-order chi connectivity index (χ0) is 19.4. The van der Waals surface area contributed by atoms with Gasteiger partial charge in [0.05, 0.1) is 38.0 Å². The normalized spacial score (nSPS) is 25.3. The first-order valence-corrected chi connectivity index (χ1v) is 9.79. The second-order valence-electron chi connectivity index (χ2n) is 7.15. The highest BCUT2D eigenvalue weighted by Crippen LogP contribution is 2.31. The molecule has 28 heavy (non-hydrogen) atoms. The number of ether oxygens (including phenoxy) is 2. The van der Waals surface area contributed by atoms with E-state index < -0.39 is 0 Å². The molecular weight excluding hydrogens is 498 g/mol. The van der Waals surface area contributed by atoms with Crippen molar-refractivity contribution >= 4 is 41.5 Å². The summed E-state index contributed by atoms with van der Waals surface area (Å²) in [6.45, 7) is 8.39. The maximum atomic E-state index is 14.6. The number of hydrogen-bond acceptors (Lipinski definition) is 4. The lowest BCUT2D eigenvalue weighted by molar-refractivity contribution is -0.0337. The fourth-order valence-corrected chi connectivity index (χ4v) is 3.94. The van der Waals surface area contributed by atoms with E-state index >= 15 is 0 Å². The fraction of sp³-hybridized carbons (Fsp3) is 0.632. The zero-order valence-electron chi connectivity index (χ0n) is 16.3. The average Bonchev–Trinajstić information content (AvgIpc) is 2.64. The van der Waals surface area contributed by atoms with Gasteiger partial charge in [-0.1, -0.05) is 17.7 Å². The molecule has 0 radical (unpaired) electrons. The van der Waals surface area contributed by atoms with Crippen molar-refractivity contribution in [1.82, 2.24) is 9.80 Å². The predicted octanol–water partition coefficient (Wildman–Crippen LogP) is 2.89. The number of benzene rings is 1. The Morgan fingerprint density at radius 3 is 2.57 bits per heavy atom. The van der Waals surface area contributed by atoms with Crippen molar-refractivity contribution in [3.05, 3.63) is 34.6 Å². The van der Waals surface area contributed by atoms with Crippen LogP contribution in [-0.2, 0) is 9.47 Å². The first kappa shape index (κ1) is 23.6. The fourth-order valence-electron chi connectivity index (χ4n) is 3.65. The highest BCUT2D eigenvalue weighted by Gasteiger charge is 2.29. The molecule has 9 heteroatoms. The number of aliphatic imine (C=N–C) groups is 1. The molecule has 2 aliphatic heterocycles. The lowest BCUT2D eigenvalue weighted by Gasteiger charge is -2.37. The number of halogens is 3. The zero-order valence-corrected chi connectivity index (χ0v) is 19.4. The van der Waals surface area contributed by atoms with Crippen LogP contribution in [0.25, 0.3) is 0 Å². The Labute approximate surface area is 188 Å². The second kappa shape index (κ2) is 10.9. The summed E-state index contributed by atoms with van der Waals surface area (Å²) >= 11 is 6.36. The van der Waals surface area contributed by atoms with E-state index in [9.17, 15) is 4.39 Å². The molecule has 2 aliphatic rings. The Bertz CT molecular complexity index is 661. The van der Waals surface area contributed by atoms with Crippen molar-refractivity contribution in [3.63, 3.8) is 0 Å². The number of nitrogens with zero attached hydrogens (tertiary/aromatic N) is 3. The number of nitrogens with two attached hydrogens (primary N) is 1. The van der Waals surface area contributed by atoms with Gasteiger partial charge in [0.1, 0.15) is 5.82 Å². The van der Waals surface area contributed by atoms with Gasteiger partial charge >= 0.3 is 0 Å². The highest BCUT2D eigenvalue weighted by molar-refractivity contribution is 14.0. The Balaban J connectivity index is 0.00000280. The van der Waals surface area contributed by atoms with Crippen LogP contribution >= 0.6 is 35.6 Å². The summed E-state index contributed by atoms with van der Waals surface area (Å²) in [4.78, 5) is 8.79. The van der Waals surface area contributed by atoms with Gasteiger partial charge in [0.2, 0.25) is 0 Å². The summed E-state index contributed by atoms with van der Waals surface area (Å²) in [5.41, 5.74) is 6.69. The summed E-state index contributed by atoms with van der Waals surface area (Å²) in [7, 11) is 0. The van der Waals surface area contributed by atoms with Crippen molar-refractivity contribution in [2.75, 3.05) is 45.9 Å². The molecule has 3 unspecified atom stereocenters. The maximum absolute atomic E-state index is 14.6. The van der Waals surface area contributed by atoms with E-state index in [1.807, 2.05) is 18.7 Å². The van der Waals surface area contributed by atoms with Crippen LogP contribution in [-0.4, -0.2) is 73.9 Å². The molecule has 0 aromatic heterocycles. The second-order valence-corrected chi connectivity index (χ2v) is 7.56. The van der Waals surface area contributed by atoms with Crippen molar-refractivity contribution in [2.24, 2.45) is 10.7 Å². The predicted molar refractivity (Wildman–Crippen MR) is 120 cm³/mol. The molecule has 2 saturated heterocycles. The molecule has 3 atom stereocenters. The highest BCUT2D eigenvalue weighted by atomic mass is 127. The molecular formula is C19H29ClFIN4O2. The minimum Gasteiger partial charge on any atom is -0.376 e. The molecule has 2 heterocycles. The molecule has 1 aromatic carbocycles. The van der Waals surface area contributed by atoms with Crippen molar-refractivity contribution in [3.8, 4) is 0 Å². The standard InChI is InChI=1S/C19H28ClFN4O2.HI/c1-13-11-24(6-8-26-13)17(18-15(20)4-3-5-16(18)21)10-23-19(22)25-7-9-27-14(2)12-25;/h3-5,13-14,17H,6-12H2,1-2H3,(H2,22,23);1H. The molecule has 2 N–H and O–H groups in total. The largest absolute Gasteiger partial charge is 0.376 e. The number of hydrogen-bond donors (Lipinski definition) is 1. The van der Waals surface area contributed by atoms with Gasteiger partial charge in [0.25, 0.3) is 0 Å². The van der Waals surface area contributed by atoms with Gasteiger partial charge < -0.3 is 20.1 Å². The van der Waals surface area contributed by atoms with Crippen LogP contribution in [0.2, 0.25) is 5.02 Å². The number of guanidine groups is 1. The van der Waals surface area contributed by atoms with E-state index in [4.69, 9.17) is 26.8 Å². The third-order valence-electron chi connectivity index (χ3n) is 5.04. The third-order valence-corrected chi connectivity index (χ3v) is 5.37. The summed E-state index contributed by atoms with van der Waals surface area (Å²) in [6.07, 6.45) is 0.192. The molecule has 0 saturated carbocycles. The van der Waals surface area contributed by atoms with E-state index in [0.717, 1.165) is 0 Å². The molecule has 3 rings (SSSR count). The van der Waals surface area contributed by atoms with Crippen molar-refractivity contribution in [2.45, 2.75) is 32.1 Å². The number of rotatable bonds is 4. The van der Waals surface area contributed by atoms with Crippen LogP contribution in [0.3, 0.4) is 0 Å². The Morgan fingerprint density at radius 1 is 1.25 bits per heavy atom. The van der Waals surface area contributed by atoms with E-state index in [1.165, 1.54) is 6.07 Å². The van der Waals surface area contributed by atoms with Gasteiger partial charge in [-0.05, 0) is 26.0 Å². The maximum Gasteiger partial charge on any atom is 0.191 e. The first-order valence-electron chi connectivity index (χ1n) is 9.41. The van der Waals surface area contributed by atoms with Crippen molar-refractivity contribution < 1.29 is 13.9 Å². The summed E-state index contributed by atoms with van der Waals surface area (Å²) in [5.74, 6) is 0.143. The summed E-state index contributed by atoms with van der Waals surface area (Å²) in [5, 5.41) is 0.410. The molecule has 6 nitrogen and oxygen atoms in total. The molecule has 2 fully saturated rings. The van der Waals surface area contributed by atoms with Crippen LogP contribution in [0, 0.1) is 5.82 Å². The quantitative estimate of drug-likeness (QED) is 0.371. The van der Waals surface area contributed by atoms with Crippen LogP contribution in [0.5, 0.6) is 0 Å². The van der Waals surface area contributed by atoms with Gasteiger partial charge in [-0.25, -0.2) is 4.39 Å². The van der Waals surface area contributed by atoms with Crippen LogP contribution in [0.1, 0.15) is 25.5 Å². The van der Waals surface area contributed by atoms with Gasteiger partial charge in [-0.3, -0.25) is 9.89 Å². The smallest absolute Gasteiger partial charge is 0.191 e. The third kappa shape index (κ3) is 5.91. The van der Waals surface area contributed by atoms with Gasteiger partial charge in [0.15, 0.2) is 5.96 Å². The van der Waals surface area contributed by atoms with Gasteiger partial charge in [0, 0.05) is 36.8 Å². The minimum absolute atomic E-state index is 0. The van der Waals surface area contributed by atoms with Gasteiger partial charge in [-0.15, -0.1) is 24.0 Å². The van der Waals surface area contributed by atoms with Gasteiger partial charge in [-0.2, -0.15) is 0 Å². The molecule has 1 aromatic rings. The Hall–Kier alpha value is -0.680. The molecule has 0 aliphatic carbocycles. The van der Waals surface area contributed by atoms with E-state index in [1.54, 1.807) is 12.1 Å². The lowest BCUT2D eigenvalue weighted by Crippen LogP contribution is -2.48. The first-order chi connectivity index (χ1) is 13.0. The van der Waals surface area contributed by atoms with Crippen molar-refractivity contribution in [1.29, 1.82) is 0 Å². The summed E-state index contributed by atoms with van der Waals surface area (Å²) in [6, 6.07) is 4.48. The molecule has 0 bridgehead atoms. The SMILES string of the molecule is CC1CN(C(N)=NCC(c2c(F)cccc2Cl)N2CCOC(C)C2)CCO1.I. The minimum atomic E-state index is -0.319. The molecule has 158 valence electrons. The molecule has 0 spiro atoms. The molecule has 0 amide bonds. The number of morpholine rings is 2. The topological polar surface area (TPSA) is 63.3 Å². The Kier molecular flexibility index (Phi) is 9.20. The monoisotopic (exact) mass is 526 g/mol. The lowest BCUT2D eigenvalue weighted by atomic mass is 10.0. The van der Waals surface area contributed by atoms with E-state index in [2.05, 4.69) is 9.89 Å². The van der Waals surface area contributed by atoms with Crippen LogP contribution < -0.4 is 5.73 Å². The van der Waals surface area contributed by atoms with E-state index in [-0.39, 0.29) is 48.0 Å². The van der Waals surface area contributed by atoms with Crippen LogP contribution in [0.4, 0.5) is 4.39 Å². The summed E-state index contributed by atoms with van der Waals surface area (Å²) < 4.78 is 25.8. The average molecular weight is 527 g/mol. The Morgan fingerprint density at radius 2 is 1.93 bits per heavy atom. The van der Waals surface area contributed by atoms with E-state index in [0.29, 0.717) is 62.5 Å².